The van der Waals surface area contributed by atoms with Crippen molar-refractivity contribution in [3.05, 3.63) is 16.1 Å². The Balaban J connectivity index is 1.99. The largest absolute Gasteiger partial charge is 0.309 e. The van der Waals surface area contributed by atoms with Gasteiger partial charge in [0, 0.05) is 48.2 Å². The van der Waals surface area contributed by atoms with Gasteiger partial charge in [-0.25, -0.2) is 4.98 Å². The lowest BCUT2D eigenvalue weighted by atomic mass is 9.98. The van der Waals surface area contributed by atoms with Gasteiger partial charge in [-0.3, -0.25) is 4.90 Å². The SMILES string of the molecule is CC1(C)CN(Cc2cnc(C(C)(C)C)s2)CCN1. The molecule has 18 heavy (non-hydrogen) atoms. The summed E-state index contributed by atoms with van der Waals surface area (Å²) in [4.78, 5) is 8.48. The number of piperazine rings is 1. The molecule has 0 aromatic carbocycles. The number of aromatic nitrogens is 1. The summed E-state index contributed by atoms with van der Waals surface area (Å²) in [5, 5.41) is 4.79. The molecule has 2 rings (SSSR count). The molecule has 1 N–H and O–H groups in total. The molecule has 0 spiro atoms. The number of nitrogens with one attached hydrogen (secondary N) is 1. The number of rotatable bonds is 2. The Hall–Kier alpha value is -0.450. The second-order valence-electron chi connectivity index (χ2n) is 6.90. The molecule has 1 aromatic heterocycles. The normalized spacial score (nSPS) is 21.2. The Morgan fingerprint density at radius 3 is 2.72 bits per heavy atom. The Kier molecular flexibility index (Phi) is 3.81. The number of thiazole rings is 1. The highest BCUT2D eigenvalue weighted by molar-refractivity contribution is 7.11. The van der Waals surface area contributed by atoms with Gasteiger partial charge >= 0.3 is 0 Å². The van der Waals surface area contributed by atoms with Crippen LogP contribution in [0, 0.1) is 0 Å². The van der Waals surface area contributed by atoms with Gasteiger partial charge in [0.1, 0.15) is 0 Å². The molecule has 0 amide bonds. The van der Waals surface area contributed by atoms with Crippen molar-refractivity contribution >= 4 is 11.3 Å². The lowest BCUT2D eigenvalue weighted by Crippen LogP contribution is -2.56. The summed E-state index contributed by atoms with van der Waals surface area (Å²) < 4.78 is 0. The average molecular weight is 267 g/mol. The van der Waals surface area contributed by atoms with Gasteiger partial charge in [0.05, 0.1) is 5.01 Å². The molecule has 0 bridgehead atoms. The van der Waals surface area contributed by atoms with Gasteiger partial charge in [-0.15, -0.1) is 11.3 Å². The van der Waals surface area contributed by atoms with Crippen LogP contribution in [0.25, 0.3) is 0 Å². The first kappa shape index (κ1) is 14.0. The summed E-state index contributed by atoms with van der Waals surface area (Å²) in [6, 6.07) is 0. The quantitative estimate of drug-likeness (QED) is 0.893. The van der Waals surface area contributed by atoms with Crippen LogP contribution in [0.5, 0.6) is 0 Å². The van der Waals surface area contributed by atoms with Crippen LogP contribution in [-0.4, -0.2) is 35.1 Å². The van der Waals surface area contributed by atoms with Gasteiger partial charge < -0.3 is 5.32 Å². The van der Waals surface area contributed by atoms with Gasteiger partial charge in [0.2, 0.25) is 0 Å². The monoisotopic (exact) mass is 267 g/mol. The second kappa shape index (κ2) is 4.91. The van der Waals surface area contributed by atoms with E-state index in [2.05, 4.69) is 56.0 Å². The predicted molar refractivity (Wildman–Crippen MR) is 78.2 cm³/mol. The summed E-state index contributed by atoms with van der Waals surface area (Å²) in [5.41, 5.74) is 0.404. The highest BCUT2D eigenvalue weighted by Crippen LogP contribution is 2.27. The van der Waals surface area contributed by atoms with E-state index in [1.165, 1.54) is 9.88 Å². The second-order valence-corrected chi connectivity index (χ2v) is 8.02. The molecule has 0 aliphatic carbocycles. The van der Waals surface area contributed by atoms with E-state index in [-0.39, 0.29) is 11.0 Å². The smallest absolute Gasteiger partial charge is 0.0981 e. The molecule has 1 saturated heterocycles. The first-order valence-electron chi connectivity index (χ1n) is 6.69. The van der Waals surface area contributed by atoms with Crippen LogP contribution in [0.2, 0.25) is 0 Å². The minimum Gasteiger partial charge on any atom is -0.309 e. The standard InChI is InChI=1S/C14H25N3S/c1-13(2,3)12-15-8-11(18-12)9-17-7-6-16-14(4,5)10-17/h8,16H,6-7,9-10H2,1-5H3. The summed E-state index contributed by atoms with van der Waals surface area (Å²) in [5.74, 6) is 0. The molecule has 1 aliphatic rings. The highest BCUT2D eigenvalue weighted by atomic mass is 32.1. The third kappa shape index (κ3) is 3.53. The van der Waals surface area contributed by atoms with Crippen molar-refractivity contribution in [1.29, 1.82) is 0 Å². The first-order chi connectivity index (χ1) is 8.26. The molecular formula is C14H25N3S. The van der Waals surface area contributed by atoms with Crippen molar-refractivity contribution in [3.8, 4) is 0 Å². The van der Waals surface area contributed by atoms with E-state index >= 15 is 0 Å². The van der Waals surface area contributed by atoms with Crippen molar-refractivity contribution in [2.75, 3.05) is 19.6 Å². The zero-order valence-corrected chi connectivity index (χ0v) is 13.0. The minimum absolute atomic E-state index is 0.172. The number of hydrogen-bond acceptors (Lipinski definition) is 4. The summed E-state index contributed by atoms with van der Waals surface area (Å²) in [7, 11) is 0. The van der Waals surface area contributed by atoms with Crippen molar-refractivity contribution in [1.82, 2.24) is 15.2 Å². The maximum atomic E-state index is 4.57. The third-order valence-corrected chi connectivity index (χ3v) is 4.63. The van der Waals surface area contributed by atoms with Gasteiger partial charge in [-0.2, -0.15) is 0 Å². The van der Waals surface area contributed by atoms with E-state index in [0.717, 1.165) is 26.2 Å². The van der Waals surface area contributed by atoms with E-state index in [0.29, 0.717) is 0 Å². The van der Waals surface area contributed by atoms with Crippen LogP contribution in [0.4, 0.5) is 0 Å². The van der Waals surface area contributed by atoms with Gasteiger partial charge in [-0.1, -0.05) is 20.8 Å². The maximum Gasteiger partial charge on any atom is 0.0981 e. The average Bonchev–Trinajstić information content (AvgIpc) is 2.63. The van der Waals surface area contributed by atoms with Crippen LogP contribution in [0.15, 0.2) is 6.20 Å². The van der Waals surface area contributed by atoms with E-state index < -0.39 is 0 Å². The molecule has 1 fully saturated rings. The van der Waals surface area contributed by atoms with Crippen molar-refractivity contribution in [2.45, 2.75) is 52.1 Å². The molecule has 4 heteroatoms. The molecule has 3 nitrogen and oxygen atoms in total. The predicted octanol–water partition coefficient (Wildman–Crippen LogP) is 2.62. The zero-order valence-electron chi connectivity index (χ0n) is 12.2. The van der Waals surface area contributed by atoms with Gasteiger partial charge in [0.15, 0.2) is 0 Å². The lowest BCUT2D eigenvalue weighted by Gasteiger charge is -2.38. The van der Waals surface area contributed by atoms with Crippen molar-refractivity contribution in [3.63, 3.8) is 0 Å². The minimum atomic E-state index is 0.172. The molecule has 0 atom stereocenters. The first-order valence-corrected chi connectivity index (χ1v) is 7.50. The van der Waals surface area contributed by atoms with E-state index in [1.54, 1.807) is 0 Å². The third-order valence-electron chi connectivity index (χ3n) is 3.23. The number of hydrogen-bond donors (Lipinski definition) is 1. The topological polar surface area (TPSA) is 28.2 Å². The fourth-order valence-corrected chi connectivity index (χ4v) is 3.34. The van der Waals surface area contributed by atoms with Crippen LogP contribution in [0.1, 0.15) is 44.5 Å². The van der Waals surface area contributed by atoms with Crippen LogP contribution >= 0.6 is 11.3 Å². The number of nitrogens with zero attached hydrogens (tertiary/aromatic N) is 2. The highest BCUT2D eigenvalue weighted by Gasteiger charge is 2.26. The summed E-state index contributed by atoms with van der Waals surface area (Å²) in [6.45, 7) is 15.6. The van der Waals surface area contributed by atoms with Crippen molar-refractivity contribution < 1.29 is 0 Å². The zero-order chi connectivity index (χ0) is 13.4. The molecule has 0 saturated carbocycles. The summed E-state index contributed by atoms with van der Waals surface area (Å²) in [6.07, 6.45) is 2.06. The lowest BCUT2D eigenvalue weighted by molar-refractivity contribution is 0.149. The van der Waals surface area contributed by atoms with Gasteiger partial charge in [0.25, 0.3) is 0 Å². The molecule has 0 radical (unpaired) electrons. The van der Waals surface area contributed by atoms with Crippen LogP contribution in [-0.2, 0) is 12.0 Å². The maximum absolute atomic E-state index is 4.57. The Morgan fingerprint density at radius 1 is 1.44 bits per heavy atom. The fourth-order valence-electron chi connectivity index (χ4n) is 2.33. The molecule has 0 unspecified atom stereocenters. The Labute approximate surface area is 115 Å². The van der Waals surface area contributed by atoms with E-state index in [4.69, 9.17) is 0 Å². The Bertz CT molecular complexity index is 403. The van der Waals surface area contributed by atoms with Crippen LogP contribution in [0.3, 0.4) is 0 Å². The van der Waals surface area contributed by atoms with Gasteiger partial charge in [-0.05, 0) is 13.8 Å². The molecular weight excluding hydrogens is 242 g/mol. The molecule has 102 valence electrons. The molecule has 1 aromatic rings. The van der Waals surface area contributed by atoms with Crippen LogP contribution < -0.4 is 5.32 Å². The fraction of sp³-hybridized carbons (Fsp3) is 0.786. The molecule has 1 aliphatic heterocycles. The Morgan fingerprint density at radius 2 is 2.17 bits per heavy atom. The van der Waals surface area contributed by atoms with E-state index in [9.17, 15) is 0 Å². The van der Waals surface area contributed by atoms with E-state index in [1.807, 2.05) is 11.3 Å². The molecule has 2 heterocycles. The summed E-state index contributed by atoms with van der Waals surface area (Å²) >= 11 is 1.86. The van der Waals surface area contributed by atoms with Crippen molar-refractivity contribution in [2.24, 2.45) is 0 Å².